The highest BCUT2D eigenvalue weighted by atomic mass is 32.2. The Kier molecular flexibility index (Phi) is 5.05. The third kappa shape index (κ3) is 3.52. The first-order valence-electron chi connectivity index (χ1n) is 6.93. The molecule has 1 aliphatic rings. The minimum absolute atomic E-state index is 0.242. The first-order chi connectivity index (χ1) is 9.51. The molecule has 2 rings (SSSR count). The molecule has 0 aliphatic carbocycles. The minimum Gasteiger partial charge on any atom is -0.346 e. The van der Waals surface area contributed by atoms with Gasteiger partial charge in [-0.25, -0.2) is 4.98 Å². The number of hydrogen-bond donors (Lipinski definition) is 0. The molecule has 4 nitrogen and oxygen atoms in total. The number of amides is 1. The molecule has 0 bridgehead atoms. The van der Waals surface area contributed by atoms with Crippen LogP contribution in [0.1, 0.15) is 30.0 Å². The highest BCUT2D eigenvalue weighted by Gasteiger charge is 2.26. The lowest BCUT2D eigenvalue weighted by Gasteiger charge is -2.30. The number of likely N-dealkylation sites (tertiary alicyclic amines) is 1. The zero-order valence-corrected chi connectivity index (χ0v) is 13.5. The summed E-state index contributed by atoms with van der Waals surface area (Å²) >= 11 is 1.66. The summed E-state index contributed by atoms with van der Waals surface area (Å²) in [5, 5.41) is 1.05. The fraction of sp³-hybridized carbons (Fsp3) is 0.600. The van der Waals surface area contributed by atoms with Gasteiger partial charge in [0.05, 0.1) is 10.7 Å². The van der Waals surface area contributed by atoms with Crippen molar-refractivity contribution in [3.63, 3.8) is 0 Å². The van der Waals surface area contributed by atoms with Gasteiger partial charge in [-0.2, -0.15) is 0 Å². The number of piperidine rings is 1. The van der Waals surface area contributed by atoms with Crippen LogP contribution in [-0.2, 0) is 11.3 Å². The van der Waals surface area contributed by atoms with Gasteiger partial charge >= 0.3 is 0 Å². The smallest absolute Gasteiger partial charge is 0.222 e. The van der Waals surface area contributed by atoms with Crippen molar-refractivity contribution in [2.24, 2.45) is 0 Å². The monoisotopic (exact) mass is 293 g/mol. The maximum absolute atomic E-state index is 11.9. The van der Waals surface area contributed by atoms with Crippen LogP contribution in [0.5, 0.6) is 0 Å². The average molecular weight is 293 g/mol. The van der Waals surface area contributed by atoms with Gasteiger partial charge in [0.1, 0.15) is 0 Å². The summed E-state index contributed by atoms with van der Waals surface area (Å²) < 4.78 is 0. The molecule has 20 heavy (non-hydrogen) atoms. The van der Waals surface area contributed by atoms with Gasteiger partial charge in [-0.1, -0.05) is 6.07 Å². The van der Waals surface area contributed by atoms with Crippen LogP contribution in [0.2, 0.25) is 0 Å². The summed E-state index contributed by atoms with van der Waals surface area (Å²) in [4.78, 5) is 20.6. The second-order valence-electron chi connectivity index (χ2n) is 5.63. The average Bonchev–Trinajstić information content (AvgIpc) is 2.41. The number of nitrogens with zero attached hydrogens (tertiary/aromatic N) is 3. The standard InChI is InChI=1S/C15H23N3OS/c1-17(2)10-13-12(5-6-14(16-13)20-4)11-7-8-18(3)15(19)9-11/h5-6,11H,7-10H2,1-4H3. The molecule has 1 atom stereocenters. The van der Waals surface area contributed by atoms with Crippen molar-refractivity contribution in [2.45, 2.75) is 30.3 Å². The third-order valence-corrected chi connectivity index (χ3v) is 4.40. The van der Waals surface area contributed by atoms with Gasteiger partial charge in [0, 0.05) is 26.6 Å². The minimum atomic E-state index is 0.242. The number of pyridine rings is 1. The number of carbonyl (C=O) groups is 1. The van der Waals surface area contributed by atoms with Gasteiger partial charge in [-0.3, -0.25) is 4.79 Å². The lowest BCUT2D eigenvalue weighted by atomic mass is 9.88. The molecule has 0 N–H and O–H groups in total. The molecule has 1 aromatic heterocycles. The van der Waals surface area contributed by atoms with E-state index in [4.69, 9.17) is 4.98 Å². The van der Waals surface area contributed by atoms with Crippen LogP contribution in [0.4, 0.5) is 0 Å². The van der Waals surface area contributed by atoms with E-state index in [2.05, 4.69) is 31.1 Å². The molecule has 2 heterocycles. The van der Waals surface area contributed by atoms with Crippen molar-refractivity contribution < 1.29 is 4.79 Å². The quantitative estimate of drug-likeness (QED) is 0.798. The maximum Gasteiger partial charge on any atom is 0.222 e. The van der Waals surface area contributed by atoms with Crippen LogP contribution >= 0.6 is 11.8 Å². The normalized spacial score (nSPS) is 19.8. The zero-order valence-electron chi connectivity index (χ0n) is 12.7. The molecule has 1 amide bonds. The fourth-order valence-electron chi connectivity index (χ4n) is 2.61. The van der Waals surface area contributed by atoms with Crippen LogP contribution in [0.25, 0.3) is 0 Å². The van der Waals surface area contributed by atoms with E-state index in [9.17, 15) is 4.79 Å². The van der Waals surface area contributed by atoms with Gasteiger partial charge in [0.25, 0.3) is 0 Å². The lowest BCUT2D eigenvalue weighted by molar-refractivity contribution is -0.132. The molecule has 1 fully saturated rings. The van der Waals surface area contributed by atoms with Crippen LogP contribution in [0, 0.1) is 0 Å². The lowest BCUT2D eigenvalue weighted by Crippen LogP contribution is -2.35. The Hall–Kier alpha value is -1.07. The van der Waals surface area contributed by atoms with Crippen LogP contribution in [-0.4, -0.2) is 54.6 Å². The molecule has 0 spiro atoms. The first kappa shape index (κ1) is 15.3. The first-order valence-corrected chi connectivity index (χ1v) is 8.16. The van der Waals surface area contributed by atoms with Crippen LogP contribution < -0.4 is 0 Å². The molecule has 110 valence electrons. The Balaban J connectivity index is 2.27. The molecular weight excluding hydrogens is 270 g/mol. The maximum atomic E-state index is 11.9. The fourth-order valence-corrected chi connectivity index (χ4v) is 3.02. The molecule has 5 heteroatoms. The third-order valence-electron chi connectivity index (χ3n) is 3.76. The summed E-state index contributed by atoms with van der Waals surface area (Å²) in [6.07, 6.45) is 3.68. The van der Waals surface area contributed by atoms with Crippen molar-refractivity contribution in [3.05, 3.63) is 23.4 Å². The van der Waals surface area contributed by atoms with E-state index in [0.29, 0.717) is 12.3 Å². The molecule has 0 radical (unpaired) electrons. The van der Waals surface area contributed by atoms with Gasteiger partial charge < -0.3 is 9.80 Å². The van der Waals surface area contributed by atoms with Crippen molar-refractivity contribution in [1.29, 1.82) is 0 Å². The Morgan fingerprint density at radius 1 is 1.45 bits per heavy atom. The van der Waals surface area contributed by atoms with Crippen molar-refractivity contribution in [2.75, 3.05) is 33.9 Å². The van der Waals surface area contributed by atoms with Gasteiger partial charge in [-0.05, 0) is 44.3 Å². The largest absolute Gasteiger partial charge is 0.346 e. The van der Waals surface area contributed by atoms with E-state index in [0.717, 1.165) is 30.2 Å². The van der Waals surface area contributed by atoms with Gasteiger partial charge in [-0.15, -0.1) is 11.8 Å². The topological polar surface area (TPSA) is 36.4 Å². The molecule has 0 saturated carbocycles. The molecule has 0 aromatic carbocycles. The van der Waals surface area contributed by atoms with Crippen molar-refractivity contribution in [1.82, 2.24) is 14.8 Å². The Morgan fingerprint density at radius 2 is 2.20 bits per heavy atom. The molecule has 1 saturated heterocycles. The second-order valence-corrected chi connectivity index (χ2v) is 6.46. The van der Waals surface area contributed by atoms with Gasteiger partial charge in [0.15, 0.2) is 0 Å². The molecule has 1 aliphatic heterocycles. The highest BCUT2D eigenvalue weighted by molar-refractivity contribution is 7.98. The van der Waals surface area contributed by atoms with Crippen LogP contribution in [0.3, 0.4) is 0 Å². The predicted molar refractivity (Wildman–Crippen MR) is 83.0 cm³/mol. The van der Waals surface area contributed by atoms with E-state index in [1.54, 1.807) is 11.8 Å². The number of aromatic nitrogens is 1. The van der Waals surface area contributed by atoms with Crippen LogP contribution in [0.15, 0.2) is 17.2 Å². The van der Waals surface area contributed by atoms with E-state index in [-0.39, 0.29) is 5.91 Å². The van der Waals surface area contributed by atoms with E-state index < -0.39 is 0 Å². The summed E-state index contributed by atoms with van der Waals surface area (Å²) in [6, 6.07) is 4.24. The number of carbonyl (C=O) groups excluding carboxylic acids is 1. The van der Waals surface area contributed by atoms with E-state index in [1.165, 1.54) is 5.56 Å². The van der Waals surface area contributed by atoms with E-state index >= 15 is 0 Å². The van der Waals surface area contributed by atoms with E-state index in [1.807, 2.05) is 18.2 Å². The summed E-state index contributed by atoms with van der Waals surface area (Å²) in [5.74, 6) is 0.558. The highest BCUT2D eigenvalue weighted by Crippen LogP contribution is 2.31. The second kappa shape index (κ2) is 6.59. The summed E-state index contributed by atoms with van der Waals surface area (Å²) in [6.45, 7) is 1.67. The number of thioether (sulfide) groups is 1. The molecule has 1 aromatic rings. The predicted octanol–water partition coefficient (Wildman–Crippen LogP) is 2.20. The zero-order chi connectivity index (χ0) is 14.7. The molecule has 1 unspecified atom stereocenters. The van der Waals surface area contributed by atoms with Gasteiger partial charge in [0.2, 0.25) is 5.91 Å². The molecular formula is C15H23N3OS. The Labute approximate surface area is 125 Å². The van der Waals surface area contributed by atoms with Crippen molar-refractivity contribution in [3.8, 4) is 0 Å². The Morgan fingerprint density at radius 3 is 2.80 bits per heavy atom. The SMILES string of the molecule is CSc1ccc(C2CCN(C)C(=O)C2)c(CN(C)C)n1. The summed E-state index contributed by atoms with van der Waals surface area (Å²) in [5.41, 5.74) is 2.36. The number of rotatable bonds is 4. The summed E-state index contributed by atoms with van der Waals surface area (Å²) in [7, 11) is 5.99. The number of hydrogen-bond acceptors (Lipinski definition) is 4. The Bertz CT molecular complexity index is 490. The van der Waals surface area contributed by atoms with Crippen molar-refractivity contribution >= 4 is 17.7 Å².